The van der Waals surface area contributed by atoms with Gasteiger partial charge in [0.25, 0.3) is 24.1 Å². The van der Waals surface area contributed by atoms with Gasteiger partial charge < -0.3 is 44.2 Å². The van der Waals surface area contributed by atoms with Gasteiger partial charge in [0.1, 0.15) is 80.6 Å². The van der Waals surface area contributed by atoms with Crippen molar-refractivity contribution in [2.24, 2.45) is 0 Å². The van der Waals surface area contributed by atoms with Crippen LogP contribution in [0.25, 0.3) is 0 Å². The zero-order chi connectivity index (χ0) is 66.0. The number of aryl methyl sites for hydroxylation is 17. The van der Waals surface area contributed by atoms with Crippen molar-refractivity contribution in [2.75, 3.05) is 0 Å². The highest BCUT2D eigenvalue weighted by molar-refractivity contribution is 5.25. The van der Waals surface area contributed by atoms with Crippen LogP contribution in [0.5, 0.6) is 0 Å². The third kappa shape index (κ3) is 28.0. The first-order valence-corrected chi connectivity index (χ1v) is 28.1. The molecule has 0 aliphatic carbocycles. The van der Waals surface area contributed by atoms with Gasteiger partial charge in [-0.1, -0.05) is 55.4 Å². The Balaban J connectivity index is 0.000000479. The van der Waals surface area contributed by atoms with Gasteiger partial charge in [-0.25, -0.2) is 13.2 Å². The molecule has 0 radical (unpaired) electrons. The number of furan rings is 10. The van der Waals surface area contributed by atoms with E-state index < -0.39 is 29.9 Å². The number of rotatable bonds is 4. The molecule has 0 saturated carbocycles. The quantitative estimate of drug-likeness (QED) is 0.157. The van der Waals surface area contributed by atoms with Gasteiger partial charge in [-0.05, 0) is 205 Å². The van der Waals surface area contributed by atoms with E-state index in [0.29, 0.717) is 64.3 Å². The molecule has 10 aromatic heterocycles. The Morgan fingerprint density at radius 3 is 0.663 bits per heavy atom. The van der Waals surface area contributed by atoms with Gasteiger partial charge in [0.15, 0.2) is 17.5 Å². The lowest BCUT2D eigenvalue weighted by Gasteiger charge is -1.99. The Kier molecular flexibility index (Phi) is 32.8. The first kappa shape index (κ1) is 76.3. The van der Waals surface area contributed by atoms with Gasteiger partial charge in [-0.2, -0.15) is 17.6 Å². The third-order valence-corrected chi connectivity index (χ3v) is 12.6. The van der Waals surface area contributed by atoms with Gasteiger partial charge >= 0.3 is 0 Å². The smallest absolute Gasteiger partial charge is 0.280 e. The van der Waals surface area contributed by atoms with E-state index in [-0.39, 0.29) is 17.4 Å². The minimum absolute atomic E-state index is 0.0116. The number of hydrogen-bond acceptors (Lipinski definition) is 10. The Morgan fingerprint density at radius 2 is 0.535 bits per heavy atom. The summed E-state index contributed by atoms with van der Waals surface area (Å²) in [7, 11) is 0. The van der Waals surface area contributed by atoms with Crippen LogP contribution >= 0.6 is 0 Å². The molecule has 0 spiro atoms. The molecule has 86 heavy (non-hydrogen) atoms. The Labute approximate surface area is 504 Å². The van der Waals surface area contributed by atoms with Crippen LogP contribution in [0.4, 0.5) is 30.7 Å². The van der Waals surface area contributed by atoms with Crippen molar-refractivity contribution in [3.63, 3.8) is 0 Å². The summed E-state index contributed by atoms with van der Waals surface area (Å²) in [5, 5.41) is 0. The second-order valence-electron chi connectivity index (χ2n) is 21.6. The second kappa shape index (κ2) is 37.0. The predicted molar refractivity (Wildman–Crippen MR) is 324 cm³/mol. The number of halogens is 7. The molecule has 0 aliphatic heterocycles. The molecule has 0 saturated heterocycles. The van der Waals surface area contributed by atoms with E-state index in [2.05, 4.69) is 71.3 Å². The maximum Gasteiger partial charge on any atom is 0.280 e. The minimum Gasteiger partial charge on any atom is -0.469 e. The van der Waals surface area contributed by atoms with Gasteiger partial charge in [-0.3, -0.25) is 0 Å². The fourth-order valence-electron chi connectivity index (χ4n) is 7.68. The minimum atomic E-state index is -0.875. The normalized spacial score (nSPS) is 10.3. The molecule has 0 unspecified atom stereocenters. The van der Waals surface area contributed by atoms with E-state index in [1.165, 1.54) is 65.8 Å². The van der Waals surface area contributed by atoms with Crippen LogP contribution in [0.15, 0.2) is 117 Å². The summed E-state index contributed by atoms with van der Waals surface area (Å²) in [6, 6.07) is 13.5. The van der Waals surface area contributed by atoms with Crippen LogP contribution in [-0.2, 0) is 0 Å². The van der Waals surface area contributed by atoms with Gasteiger partial charge in [0.2, 0.25) is 0 Å². The van der Waals surface area contributed by atoms with Crippen LogP contribution in [-0.4, -0.2) is 0 Å². The molecule has 0 aromatic carbocycles. The zero-order valence-corrected chi connectivity index (χ0v) is 55.0. The van der Waals surface area contributed by atoms with Crippen LogP contribution in [0.2, 0.25) is 0 Å². The van der Waals surface area contributed by atoms with E-state index in [1.807, 2.05) is 95.2 Å². The summed E-state index contributed by atoms with van der Waals surface area (Å²) >= 11 is 0. The van der Waals surface area contributed by atoms with Crippen molar-refractivity contribution in [1.29, 1.82) is 0 Å². The van der Waals surface area contributed by atoms with Crippen LogP contribution in [0.1, 0.15) is 199 Å². The largest absolute Gasteiger partial charge is 0.469 e. The lowest BCUT2D eigenvalue weighted by atomic mass is 10.0. The van der Waals surface area contributed by atoms with Gasteiger partial charge in [0, 0.05) is 30.3 Å². The standard InChI is InChI=1S/2C9H14O.C8H11FO.C8H12O.C7H10O.3C6H7FO.C5H4F2O.C5H5FO/c2*1-6(2)9-5-7(3)10-8(9)4;1-5(2)7-4-8(9)10-6(7)3;1-6(2)8-4-5-9-7(8)3;1-5-4-6(2)8-7(5)3;1-4-3-6(7)5(2)8-4;2*1-4-3-6(7)8-5(4)2;1-3-4(6)2-5(7)8-3;1-4-5(6)2-3-7-4/h2*5-6H,1-4H3;4-5H,1-3H3;4-6H,1-3H3;4H,1-3H3;3*3H,1-2H3;2H,1H3;2-3H,1H3. The average molecular weight is 1210 g/mol. The first-order valence-electron chi connectivity index (χ1n) is 28.1. The van der Waals surface area contributed by atoms with Crippen molar-refractivity contribution < 1.29 is 74.9 Å². The molecule has 476 valence electrons. The maximum absolute atomic E-state index is 12.4. The first-order chi connectivity index (χ1) is 39.8. The highest BCUT2D eigenvalue weighted by Crippen LogP contribution is 2.25. The summed E-state index contributed by atoms with van der Waals surface area (Å²) in [5.41, 5.74) is 7.90. The van der Waals surface area contributed by atoms with Crippen molar-refractivity contribution in [3.8, 4) is 0 Å². The SMILES string of the molecule is Cc1cc(C(C)C)c(C)o1.Cc1cc(C(C)C)c(C)o1.Cc1cc(C)c(C)o1.Cc1cc(F)c(C)o1.Cc1cc(F)oc1C.Cc1cc(F)oc1C.Cc1oc(F)cc1C(C)C.Cc1oc(F)cc1F.Cc1occc1C(C)C.Cc1occc1F. The van der Waals surface area contributed by atoms with Crippen LogP contribution < -0.4 is 0 Å². The molecule has 10 rings (SSSR count). The fraction of sp³-hybridized carbons (Fsp3) is 0.420. The summed E-state index contributed by atoms with van der Waals surface area (Å²) < 4.78 is 133. The third-order valence-electron chi connectivity index (χ3n) is 12.6. The van der Waals surface area contributed by atoms with E-state index in [1.54, 1.807) is 47.8 Å². The van der Waals surface area contributed by atoms with Gasteiger partial charge in [-0.15, -0.1) is 0 Å². The van der Waals surface area contributed by atoms with Crippen LogP contribution in [0.3, 0.4) is 0 Å². The van der Waals surface area contributed by atoms with E-state index in [4.69, 9.17) is 26.5 Å². The fourth-order valence-corrected chi connectivity index (χ4v) is 7.68. The Bertz CT molecular complexity index is 2980. The highest BCUT2D eigenvalue weighted by Gasteiger charge is 2.11. The Hall–Kier alpha value is -7.69. The summed E-state index contributed by atoms with van der Waals surface area (Å²) in [5.74, 6) is 11.5. The second-order valence-corrected chi connectivity index (χ2v) is 21.6. The van der Waals surface area contributed by atoms with Crippen molar-refractivity contribution in [1.82, 2.24) is 0 Å². The summed E-state index contributed by atoms with van der Waals surface area (Å²) in [6.07, 6.45) is 3.06. The zero-order valence-electron chi connectivity index (χ0n) is 55.0. The molecule has 0 aliphatic rings. The van der Waals surface area contributed by atoms with Gasteiger partial charge in [0.05, 0.1) is 18.6 Å². The summed E-state index contributed by atoms with van der Waals surface area (Å²) in [6.45, 7) is 48.2. The predicted octanol–water partition coefficient (Wildman–Crippen LogP) is 23.5. The van der Waals surface area contributed by atoms with Crippen molar-refractivity contribution in [3.05, 3.63) is 234 Å². The van der Waals surface area contributed by atoms with E-state index in [9.17, 15) is 30.7 Å². The maximum atomic E-state index is 12.4. The molecule has 0 amide bonds. The summed E-state index contributed by atoms with van der Waals surface area (Å²) in [4.78, 5) is 0. The lowest BCUT2D eigenvalue weighted by Crippen LogP contribution is -1.84. The molecular formula is C69H91F7O10. The Morgan fingerprint density at radius 1 is 0.244 bits per heavy atom. The molecule has 0 atom stereocenters. The van der Waals surface area contributed by atoms with Crippen molar-refractivity contribution in [2.45, 2.75) is 197 Å². The molecule has 10 aromatic rings. The molecule has 0 N–H and O–H groups in total. The monoisotopic (exact) mass is 1210 g/mol. The molecule has 0 bridgehead atoms. The van der Waals surface area contributed by atoms with Crippen molar-refractivity contribution >= 4 is 0 Å². The van der Waals surface area contributed by atoms with E-state index in [0.717, 1.165) is 57.0 Å². The molecule has 10 nitrogen and oxygen atoms in total. The average Bonchev–Trinajstić information content (AvgIpc) is 4.49. The number of hydrogen-bond donors (Lipinski definition) is 0. The molecule has 10 heterocycles. The van der Waals surface area contributed by atoms with E-state index >= 15 is 0 Å². The molecule has 17 heteroatoms. The van der Waals surface area contributed by atoms with Crippen LogP contribution in [0, 0.1) is 159 Å². The topological polar surface area (TPSA) is 131 Å². The lowest BCUT2D eigenvalue weighted by molar-refractivity contribution is 0.342. The molecule has 0 fully saturated rings. The molecular weight excluding hydrogens is 1120 g/mol. The highest BCUT2D eigenvalue weighted by atomic mass is 19.2.